The van der Waals surface area contributed by atoms with Crippen molar-refractivity contribution in [2.75, 3.05) is 0 Å². The van der Waals surface area contributed by atoms with E-state index in [0.717, 1.165) is 5.56 Å². The van der Waals surface area contributed by atoms with Crippen LogP contribution in [-0.2, 0) is 11.3 Å². The summed E-state index contributed by atoms with van der Waals surface area (Å²) in [5, 5.41) is 0.716. The number of carbonyl (C=O) groups is 1. The van der Waals surface area contributed by atoms with Crippen LogP contribution in [0.25, 0.3) is 0 Å². The number of halogens is 3. The van der Waals surface area contributed by atoms with Crippen LogP contribution < -0.4 is 0 Å². The number of pyridine rings is 2. The maximum absolute atomic E-state index is 11.7. The van der Waals surface area contributed by atoms with Crippen LogP contribution in [0.3, 0.4) is 0 Å². The van der Waals surface area contributed by atoms with E-state index in [1.807, 2.05) is 0 Å². The van der Waals surface area contributed by atoms with E-state index in [2.05, 4.69) is 9.97 Å². The highest BCUT2D eigenvalue weighted by Crippen LogP contribution is 2.20. The number of nitrogens with zero attached hydrogens (tertiary/aromatic N) is 2. The number of aromatic nitrogens is 2. The van der Waals surface area contributed by atoms with Gasteiger partial charge in [-0.2, -0.15) is 0 Å². The van der Waals surface area contributed by atoms with Crippen molar-refractivity contribution in [3.05, 3.63) is 57.0 Å². The van der Waals surface area contributed by atoms with Crippen LogP contribution in [0.15, 0.2) is 30.6 Å². The number of rotatable bonds is 3. The van der Waals surface area contributed by atoms with E-state index in [0.29, 0.717) is 5.15 Å². The third-order valence-electron chi connectivity index (χ3n) is 2.19. The summed E-state index contributed by atoms with van der Waals surface area (Å²) in [4.78, 5) is 19.4. The van der Waals surface area contributed by atoms with Crippen molar-refractivity contribution in [1.82, 2.24) is 9.97 Å². The SMILES string of the molecule is O=C(OCc1ccc(Cl)nc1)c1cnc(Cl)c(Cl)c1. The molecule has 0 saturated heterocycles. The van der Waals surface area contributed by atoms with Gasteiger partial charge in [0, 0.05) is 18.0 Å². The van der Waals surface area contributed by atoms with E-state index in [4.69, 9.17) is 39.5 Å². The molecule has 0 radical (unpaired) electrons. The molecule has 0 N–H and O–H groups in total. The standard InChI is InChI=1S/C12H7Cl3N2O2/c13-9-3-8(5-17-11(9)15)12(18)19-6-7-1-2-10(14)16-4-7/h1-5H,6H2. The van der Waals surface area contributed by atoms with Crippen molar-refractivity contribution in [3.63, 3.8) is 0 Å². The molecule has 2 heterocycles. The first-order valence-corrected chi connectivity index (χ1v) is 6.28. The van der Waals surface area contributed by atoms with E-state index in [-0.39, 0.29) is 22.3 Å². The van der Waals surface area contributed by atoms with E-state index < -0.39 is 5.97 Å². The largest absolute Gasteiger partial charge is 0.457 e. The molecular weight excluding hydrogens is 311 g/mol. The van der Waals surface area contributed by atoms with Crippen molar-refractivity contribution < 1.29 is 9.53 Å². The molecule has 2 aromatic heterocycles. The molecule has 2 aromatic rings. The lowest BCUT2D eigenvalue weighted by atomic mass is 10.3. The van der Waals surface area contributed by atoms with Gasteiger partial charge in [0.25, 0.3) is 0 Å². The first kappa shape index (κ1) is 14.1. The summed E-state index contributed by atoms with van der Waals surface area (Å²) < 4.78 is 5.09. The molecule has 0 fully saturated rings. The van der Waals surface area contributed by atoms with Gasteiger partial charge in [0.2, 0.25) is 0 Å². The molecule has 4 nitrogen and oxygen atoms in total. The fourth-order valence-corrected chi connectivity index (χ4v) is 1.64. The first-order chi connectivity index (χ1) is 9.06. The van der Waals surface area contributed by atoms with E-state index >= 15 is 0 Å². The van der Waals surface area contributed by atoms with Crippen LogP contribution in [0.4, 0.5) is 0 Å². The maximum Gasteiger partial charge on any atom is 0.340 e. The molecule has 19 heavy (non-hydrogen) atoms. The third-order valence-corrected chi connectivity index (χ3v) is 3.10. The molecule has 0 aromatic carbocycles. The molecular formula is C12H7Cl3N2O2. The lowest BCUT2D eigenvalue weighted by Crippen LogP contribution is -2.06. The fourth-order valence-electron chi connectivity index (χ4n) is 1.26. The van der Waals surface area contributed by atoms with Crippen molar-refractivity contribution in [2.24, 2.45) is 0 Å². The monoisotopic (exact) mass is 316 g/mol. The fraction of sp³-hybridized carbons (Fsp3) is 0.0833. The zero-order valence-electron chi connectivity index (χ0n) is 9.44. The predicted molar refractivity (Wildman–Crippen MR) is 72.6 cm³/mol. The quantitative estimate of drug-likeness (QED) is 0.638. The van der Waals surface area contributed by atoms with Gasteiger partial charge in [0.05, 0.1) is 10.6 Å². The Balaban J connectivity index is 2.01. The Hall–Kier alpha value is -1.36. The Morgan fingerprint density at radius 1 is 1.16 bits per heavy atom. The Morgan fingerprint density at radius 2 is 1.95 bits per heavy atom. The van der Waals surface area contributed by atoms with Gasteiger partial charge in [0.1, 0.15) is 16.9 Å². The van der Waals surface area contributed by atoms with E-state index in [1.165, 1.54) is 18.5 Å². The summed E-state index contributed by atoms with van der Waals surface area (Å²) in [6.07, 6.45) is 2.83. The van der Waals surface area contributed by atoms with Crippen molar-refractivity contribution in [2.45, 2.75) is 6.61 Å². The van der Waals surface area contributed by atoms with Gasteiger partial charge in [-0.1, -0.05) is 40.9 Å². The minimum Gasteiger partial charge on any atom is -0.457 e. The molecule has 7 heteroatoms. The topological polar surface area (TPSA) is 52.1 Å². The molecule has 0 aliphatic rings. The van der Waals surface area contributed by atoms with Crippen LogP contribution in [0.5, 0.6) is 0 Å². The Morgan fingerprint density at radius 3 is 2.58 bits per heavy atom. The number of carbonyl (C=O) groups excluding carboxylic acids is 1. The van der Waals surface area contributed by atoms with Crippen LogP contribution >= 0.6 is 34.8 Å². The Bertz CT molecular complexity index is 602. The third kappa shape index (κ3) is 3.80. The normalized spacial score (nSPS) is 10.3. The number of ether oxygens (including phenoxy) is 1. The molecule has 98 valence electrons. The van der Waals surface area contributed by atoms with E-state index in [1.54, 1.807) is 12.1 Å². The zero-order valence-corrected chi connectivity index (χ0v) is 11.7. The minimum absolute atomic E-state index is 0.0866. The van der Waals surface area contributed by atoms with Crippen LogP contribution in [0, 0.1) is 0 Å². The molecule has 0 aliphatic carbocycles. The van der Waals surface area contributed by atoms with Gasteiger partial charge in [-0.05, 0) is 12.1 Å². The second kappa shape index (κ2) is 6.19. The van der Waals surface area contributed by atoms with Crippen LogP contribution in [0.2, 0.25) is 15.3 Å². The van der Waals surface area contributed by atoms with Gasteiger partial charge < -0.3 is 4.74 Å². The lowest BCUT2D eigenvalue weighted by molar-refractivity contribution is 0.0472. The van der Waals surface area contributed by atoms with Gasteiger partial charge >= 0.3 is 5.97 Å². The molecule has 0 saturated carbocycles. The minimum atomic E-state index is -0.541. The molecule has 0 unspecified atom stereocenters. The van der Waals surface area contributed by atoms with Crippen LogP contribution in [-0.4, -0.2) is 15.9 Å². The van der Waals surface area contributed by atoms with Gasteiger partial charge in [0.15, 0.2) is 0 Å². The van der Waals surface area contributed by atoms with Crippen LogP contribution in [0.1, 0.15) is 15.9 Å². The molecule has 2 rings (SSSR count). The summed E-state index contributed by atoms with van der Waals surface area (Å²) in [5.41, 5.74) is 0.960. The summed E-state index contributed by atoms with van der Waals surface area (Å²) in [5.74, 6) is -0.541. The van der Waals surface area contributed by atoms with E-state index in [9.17, 15) is 4.79 Å². The molecule has 0 bridgehead atoms. The van der Waals surface area contributed by atoms with Gasteiger partial charge in [-0.15, -0.1) is 0 Å². The Labute approximate surface area is 124 Å². The number of esters is 1. The second-order valence-electron chi connectivity index (χ2n) is 3.56. The summed E-state index contributed by atoms with van der Waals surface area (Å²) in [7, 11) is 0. The summed E-state index contributed by atoms with van der Waals surface area (Å²) in [6, 6.07) is 4.74. The average Bonchev–Trinajstić information content (AvgIpc) is 2.41. The number of hydrogen-bond donors (Lipinski definition) is 0. The second-order valence-corrected chi connectivity index (χ2v) is 4.71. The highest BCUT2D eigenvalue weighted by molar-refractivity contribution is 6.41. The maximum atomic E-state index is 11.7. The molecule has 0 amide bonds. The molecule has 0 spiro atoms. The lowest BCUT2D eigenvalue weighted by Gasteiger charge is -2.05. The summed E-state index contributed by atoms with van der Waals surface area (Å²) in [6.45, 7) is 0.0866. The Kier molecular flexibility index (Phi) is 4.58. The highest BCUT2D eigenvalue weighted by Gasteiger charge is 2.10. The van der Waals surface area contributed by atoms with Crippen molar-refractivity contribution in [1.29, 1.82) is 0 Å². The summed E-state index contributed by atoms with van der Waals surface area (Å²) >= 11 is 17.1. The van der Waals surface area contributed by atoms with Gasteiger partial charge in [-0.3, -0.25) is 0 Å². The van der Waals surface area contributed by atoms with Gasteiger partial charge in [-0.25, -0.2) is 14.8 Å². The predicted octanol–water partition coefficient (Wildman–Crippen LogP) is 3.79. The van der Waals surface area contributed by atoms with Crippen molar-refractivity contribution >= 4 is 40.8 Å². The first-order valence-electron chi connectivity index (χ1n) is 5.15. The zero-order chi connectivity index (χ0) is 13.8. The average molecular weight is 318 g/mol. The molecule has 0 atom stereocenters. The smallest absolute Gasteiger partial charge is 0.340 e. The molecule has 0 aliphatic heterocycles. The highest BCUT2D eigenvalue weighted by atomic mass is 35.5. The van der Waals surface area contributed by atoms with Crippen molar-refractivity contribution in [3.8, 4) is 0 Å². The number of hydrogen-bond acceptors (Lipinski definition) is 4.